The molecule has 0 fully saturated rings. The lowest BCUT2D eigenvalue weighted by Gasteiger charge is -2.18. The van der Waals surface area contributed by atoms with Gasteiger partial charge in [0, 0.05) is 36.1 Å². The molecular weight excluding hydrogens is 336 g/mol. The topological polar surface area (TPSA) is 70.0 Å². The lowest BCUT2D eigenvalue weighted by Crippen LogP contribution is -2.15. The van der Waals surface area contributed by atoms with E-state index in [4.69, 9.17) is 21.7 Å². The number of pyridine rings is 1. The lowest BCUT2D eigenvalue weighted by molar-refractivity contribution is 0.414. The van der Waals surface area contributed by atoms with Crippen LogP contribution >= 0.6 is 11.6 Å². The number of methoxy groups -OCH3 is 1. The van der Waals surface area contributed by atoms with Gasteiger partial charge in [-0.3, -0.25) is 10.4 Å². The van der Waals surface area contributed by atoms with Gasteiger partial charge in [0.15, 0.2) is 0 Å². The number of fused-ring (bicyclic) bond motifs is 1. The van der Waals surface area contributed by atoms with Crippen LogP contribution in [0.1, 0.15) is 16.8 Å². The molecule has 6 heteroatoms. The van der Waals surface area contributed by atoms with E-state index in [0.717, 1.165) is 28.1 Å². The van der Waals surface area contributed by atoms with Gasteiger partial charge in [0.05, 0.1) is 24.2 Å². The van der Waals surface area contributed by atoms with E-state index in [2.05, 4.69) is 15.6 Å². The van der Waals surface area contributed by atoms with Gasteiger partial charge in [-0.1, -0.05) is 23.7 Å². The lowest BCUT2D eigenvalue weighted by atomic mass is 9.97. The number of halogens is 1. The van der Waals surface area contributed by atoms with Crippen LogP contribution in [0.15, 0.2) is 48.8 Å². The second kappa shape index (κ2) is 7.40. The molecule has 25 heavy (non-hydrogen) atoms. The number of anilines is 1. The summed E-state index contributed by atoms with van der Waals surface area (Å²) in [6.07, 6.45) is 7.29. The fraction of sp³-hybridized carbons (Fsp3) is 0.158. The maximum atomic E-state index is 8.63. The zero-order valence-electron chi connectivity index (χ0n) is 14.0. The number of nitrogens with one attached hydrogen (secondary N) is 3. The zero-order valence-corrected chi connectivity index (χ0v) is 14.8. The summed E-state index contributed by atoms with van der Waals surface area (Å²) in [5.41, 5.74) is 4.11. The minimum Gasteiger partial charge on any atom is -0.497 e. The summed E-state index contributed by atoms with van der Waals surface area (Å²) in [6, 6.07) is 9.41. The number of hydrogen-bond donors (Lipinski definition) is 3. The van der Waals surface area contributed by atoms with Crippen LogP contribution in [0, 0.1) is 5.41 Å². The number of ether oxygens (including phenoxy) is 1. The number of nitrogens with zero attached hydrogens (tertiary/aromatic N) is 1. The third-order valence-electron chi connectivity index (χ3n) is 3.86. The van der Waals surface area contributed by atoms with Crippen LogP contribution in [0.2, 0.25) is 0 Å². The number of allylic oxidation sites excluding steroid dienone is 1. The first-order valence-corrected chi connectivity index (χ1v) is 8.26. The molecule has 2 heterocycles. The van der Waals surface area contributed by atoms with Crippen LogP contribution in [-0.2, 0) is 0 Å². The van der Waals surface area contributed by atoms with Crippen LogP contribution < -0.4 is 15.4 Å². The Morgan fingerprint density at radius 3 is 2.96 bits per heavy atom. The highest BCUT2D eigenvalue weighted by Gasteiger charge is 2.16. The Morgan fingerprint density at radius 2 is 2.20 bits per heavy atom. The second-order valence-corrected chi connectivity index (χ2v) is 5.99. The number of aromatic nitrogens is 1. The van der Waals surface area contributed by atoms with Crippen LogP contribution in [-0.4, -0.2) is 30.4 Å². The predicted molar refractivity (Wildman–Crippen MR) is 103 cm³/mol. The van der Waals surface area contributed by atoms with Gasteiger partial charge < -0.3 is 15.4 Å². The van der Waals surface area contributed by atoms with Crippen molar-refractivity contribution in [3.8, 4) is 5.75 Å². The van der Waals surface area contributed by atoms with Crippen molar-refractivity contribution < 1.29 is 4.74 Å². The molecule has 3 rings (SSSR count). The summed E-state index contributed by atoms with van der Waals surface area (Å²) in [6.45, 7) is 0. The molecule has 1 aliphatic heterocycles. The van der Waals surface area contributed by atoms with Crippen molar-refractivity contribution in [2.45, 2.75) is 5.50 Å². The first-order chi connectivity index (χ1) is 12.1. The molecule has 0 spiro atoms. The zero-order chi connectivity index (χ0) is 17.8. The SMILES string of the molecule is CN/C=C(\C(=N)c1cccc(OC)c1)c1cnc2c(c1)NC(Cl)C=C2. The third-order valence-corrected chi connectivity index (χ3v) is 4.12. The predicted octanol–water partition coefficient (Wildman–Crippen LogP) is 3.72. The Balaban J connectivity index is 1.99. The van der Waals surface area contributed by atoms with Crippen LogP contribution in [0.3, 0.4) is 0 Å². The Morgan fingerprint density at radius 1 is 1.36 bits per heavy atom. The molecule has 128 valence electrons. The molecule has 1 aliphatic rings. The summed E-state index contributed by atoms with van der Waals surface area (Å²) in [4.78, 5) is 4.47. The fourth-order valence-corrected chi connectivity index (χ4v) is 2.81. The average Bonchev–Trinajstić information content (AvgIpc) is 2.65. The van der Waals surface area contributed by atoms with E-state index in [9.17, 15) is 0 Å². The van der Waals surface area contributed by atoms with Gasteiger partial charge in [-0.25, -0.2) is 0 Å². The smallest absolute Gasteiger partial charge is 0.120 e. The highest BCUT2D eigenvalue weighted by molar-refractivity contribution is 6.30. The quantitative estimate of drug-likeness (QED) is 0.435. The monoisotopic (exact) mass is 354 g/mol. The van der Waals surface area contributed by atoms with E-state index in [1.54, 1.807) is 26.6 Å². The Labute approximate surface area is 151 Å². The van der Waals surface area contributed by atoms with Crippen molar-refractivity contribution in [2.75, 3.05) is 19.5 Å². The van der Waals surface area contributed by atoms with E-state index in [0.29, 0.717) is 11.5 Å². The number of benzene rings is 1. The average molecular weight is 355 g/mol. The van der Waals surface area contributed by atoms with Gasteiger partial charge in [-0.2, -0.15) is 0 Å². The van der Waals surface area contributed by atoms with Crippen molar-refractivity contribution in [1.29, 1.82) is 5.41 Å². The normalized spacial score (nSPS) is 16.0. The molecular formula is C19H19ClN4O. The molecule has 3 N–H and O–H groups in total. The standard InChI is InChI=1S/C19H19ClN4O/c1-22-11-15(19(21)12-4-3-5-14(8-12)25-2)13-9-17-16(23-10-13)6-7-18(20)24-17/h3-11,18,21-22,24H,1-2H3/b15-11-,21-19?. The minimum atomic E-state index is -0.265. The van der Waals surface area contributed by atoms with E-state index in [-0.39, 0.29) is 5.50 Å². The Kier molecular flexibility index (Phi) is 5.05. The van der Waals surface area contributed by atoms with Gasteiger partial charge in [0.2, 0.25) is 0 Å². The Bertz CT molecular complexity index is 860. The molecule has 1 unspecified atom stereocenters. The molecule has 1 atom stereocenters. The maximum absolute atomic E-state index is 8.63. The van der Waals surface area contributed by atoms with Crippen LogP contribution in [0.5, 0.6) is 5.75 Å². The summed E-state index contributed by atoms with van der Waals surface area (Å²) < 4.78 is 5.26. The fourth-order valence-electron chi connectivity index (χ4n) is 2.62. The molecule has 0 saturated carbocycles. The van der Waals surface area contributed by atoms with Crippen molar-refractivity contribution in [3.05, 3.63) is 65.6 Å². The van der Waals surface area contributed by atoms with E-state index >= 15 is 0 Å². The molecule has 0 radical (unpaired) electrons. The largest absolute Gasteiger partial charge is 0.497 e. The van der Waals surface area contributed by atoms with Crippen LogP contribution in [0.4, 0.5) is 5.69 Å². The van der Waals surface area contributed by atoms with E-state index in [1.165, 1.54) is 0 Å². The molecule has 0 aliphatic carbocycles. The highest BCUT2D eigenvalue weighted by atomic mass is 35.5. The summed E-state index contributed by atoms with van der Waals surface area (Å²) in [7, 11) is 3.42. The van der Waals surface area contributed by atoms with E-state index < -0.39 is 0 Å². The minimum absolute atomic E-state index is 0.265. The van der Waals surface area contributed by atoms with Gasteiger partial charge in [-0.05, 0) is 30.4 Å². The Hall–Kier alpha value is -2.79. The summed E-state index contributed by atoms with van der Waals surface area (Å²) in [5, 5.41) is 14.8. The third kappa shape index (κ3) is 3.67. The molecule has 1 aromatic carbocycles. The van der Waals surface area contributed by atoms with Gasteiger partial charge in [-0.15, -0.1) is 0 Å². The molecule has 0 bridgehead atoms. The number of hydrogen-bond acceptors (Lipinski definition) is 5. The molecule has 1 aromatic heterocycles. The van der Waals surface area contributed by atoms with Crippen molar-refractivity contribution >= 4 is 34.6 Å². The highest BCUT2D eigenvalue weighted by Crippen LogP contribution is 2.28. The number of rotatable bonds is 5. The first kappa shape index (κ1) is 17.0. The molecule has 0 amide bonds. The second-order valence-electron chi connectivity index (χ2n) is 5.52. The van der Waals surface area contributed by atoms with Crippen molar-refractivity contribution in [2.24, 2.45) is 0 Å². The van der Waals surface area contributed by atoms with Crippen LogP contribution in [0.25, 0.3) is 11.6 Å². The van der Waals surface area contributed by atoms with E-state index in [1.807, 2.05) is 42.5 Å². The van der Waals surface area contributed by atoms with Gasteiger partial charge in [0.1, 0.15) is 11.3 Å². The van der Waals surface area contributed by atoms with Crippen molar-refractivity contribution in [1.82, 2.24) is 10.3 Å². The molecule has 5 nitrogen and oxygen atoms in total. The maximum Gasteiger partial charge on any atom is 0.120 e. The number of alkyl halides is 1. The summed E-state index contributed by atoms with van der Waals surface area (Å²) >= 11 is 6.12. The molecule has 0 saturated heterocycles. The van der Waals surface area contributed by atoms with Gasteiger partial charge in [0.25, 0.3) is 0 Å². The van der Waals surface area contributed by atoms with Crippen molar-refractivity contribution in [3.63, 3.8) is 0 Å². The van der Waals surface area contributed by atoms with Gasteiger partial charge >= 0.3 is 0 Å². The molecule has 2 aromatic rings. The summed E-state index contributed by atoms with van der Waals surface area (Å²) in [5.74, 6) is 0.714. The first-order valence-electron chi connectivity index (χ1n) is 7.82.